The Hall–Kier alpha value is -1.30. The smallest absolute Gasteiger partial charge is 0.410 e. The van der Waals surface area contributed by atoms with E-state index in [1.54, 1.807) is 4.90 Å². The molecule has 1 unspecified atom stereocenters. The van der Waals surface area contributed by atoms with Crippen molar-refractivity contribution in [3.05, 3.63) is 22.3 Å². The second-order valence-electron chi connectivity index (χ2n) is 6.76. The Labute approximate surface area is 140 Å². The molecule has 22 heavy (non-hydrogen) atoms. The molecule has 1 aliphatic heterocycles. The molecule has 1 amide bonds. The maximum absolute atomic E-state index is 12.2. The number of halogens is 1. The van der Waals surface area contributed by atoms with E-state index in [0.29, 0.717) is 6.54 Å². The molecule has 0 radical (unpaired) electrons. The first-order chi connectivity index (χ1) is 10.2. The molecule has 5 nitrogen and oxygen atoms in total. The third-order valence-electron chi connectivity index (χ3n) is 3.57. The molecule has 0 bridgehead atoms. The number of hydrogen-bond acceptors (Lipinski definition) is 4. The molecule has 1 aliphatic rings. The highest BCUT2D eigenvalue weighted by molar-refractivity contribution is 9.10. The van der Waals surface area contributed by atoms with Gasteiger partial charge in [0.1, 0.15) is 11.4 Å². The SMILES string of the molecule is Cc1cc(Br)cnc1N1CCN(C(=O)OC(C)(C)C)C(C)C1. The maximum atomic E-state index is 12.2. The molecule has 1 aromatic rings. The topological polar surface area (TPSA) is 45.7 Å². The fourth-order valence-corrected chi connectivity index (χ4v) is 3.05. The predicted octanol–water partition coefficient (Wildman–Crippen LogP) is 3.60. The first-order valence-corrected chi connectivity index (χ1v) is 8.33. The molecule has 0 aromatic carbocycles. The molecule has 1 saturated heterocycles. The van der Waals surface area contributed by atoms with Gasteiger partial charge in [-0.1, -0.05) is 0 Å². The second kappa shape index (κ2) is 6.44. The fourth-order valence-electron chi connectivity index (χ4n) is 2.61. The first-order valence-electron chi connectivity index (χ1n) is 7.54. The zero-order valence-electron chi connectivity index (χ0n) is 13.9. The van der Waals surface area contributed by atoms with E-state index in [0.717, 1.165) is 28.9 Å². The Morgan fingerprint density at radius 2 is 2.09 bits per heavy atom. The lowest BCUT2D eigenvalue weighted by Crippen LogP contribution is -2.55. The summed E-state index contributed by atoms with van der Waals surface area (Å²) in [5.74, 6) is 0.985. The van der Waals surface area contributed by atoms with Crippen molar-refractivity contribution >= 4 is 27.8 Å². The molecule has 0 saturated carbocycles. The Bertz CT molecular complexity index is 557. The minimum Gasteiger partial charge on any atom is -0.444 e. The first kappa shape index (κ1) is 17.1. The molecule has 2 heterocycles. The van der Waals surface area contributed by atoms with E-state index < -0.39 is 5.60 Å². The molecule has 0 aliphatic carbocycles. The number of aromatic nitrogens is 1. The minimum absolute atomic E-state index is 0.0912. The highest BCUT2D eigenvalue weighted by atomic mass is 79.9. The lowest BCUT2D eigenvalue weighted by atomic mass is 10.1. The van der Waals surface area contributed by atoms with Crippen molar-refractivity contribution in [1.29, 1.82) is 0 Å². The summed E-state index contributed by atoms with van der Waals surface area (Å²) in [4.78, 5) is 20.8. The summed E-state index contributed by atoms with van der Waals surface area (Å²) in [5, 5.41) is 0. The Kier molecular flexibility index (Phi) is 5.00. The van der Waals surface area contributed by atoms with Crippen molar-refractivity contribution in [2.75, 3.05) is 24.5 Å². The van der Waals surface area contributed by atoms with Crippen molar-refractivity contribution in [3.63, 3.8) is 0 Å². The van der Waals surface area contributed by atoms with Crippen molar-refractivity contribution < 1.29 is 9.53 Å². The summed E-state index contributed by atoms with van der Waals surface area (Å²) in [6.45, 7) is 11.9. The van der Waals surface area contributed by atoms with Crippen LogP contribution >= 0.6 is 15.9 Å². The highest BCUT2D eigenvalue weighted by Gasteiger charge is 2.31. The standard InChI is InChI=1S/C16H24BrN3O2/c1-11-8-13(17)9-18-14(11)19-6-7-20(12(2)10-19)15(21)22-16(3,4)5/h8-9,12H,6-7,10H2,1-5H3. The Balaban J connectivity index is 2.05. The van der Waals surface area contributed by atoms with Crippen molar-refractivity contribution in [3.8, 4) is 0 Å². The third kappa shape index (κ3) is 4.12. The summed E-state index contributed by atoms with van der Waals surface area (Å²) >= 11 is 3.44. The van der Waals surface area contributed by atoms with Gasteiger partial charge in [0.15, 0.2) is 0 Å². The lowest BCUT2D eigenvalue weighted by molar-refractivity contribution is 0.0158. The molecule has 6 heteroatoms. The second-order valence-corrected chi connectivity index (χ2v) is 7.68. The van der Waals surface area contributed by atoms with Gasteiger partial charge in [-0.05, 0) is 62.2 Å². The Morgan fingerprint density at radius 3 is 2.64 bits per heavy atom. The number of carbonyl (C=O) groups excluding carboxylic acids is 1. The van der Waals surface area contributed by atoms with Crippen molar-refractivity contribution in [1.82, 2.24) is 9.88 Å². The van der Waals surface area contributed by atoms with E-state index >= 15 is 0 Å². The number of piperazine rings is 1. The van der Waals surface area contributed by atoms with Gasteiger partial charge in [0.25, 0.3) is 0 Å². The number of ether oxygens (including phenoxy) is 1. The van der Waals surface area contributed by atoms with E-state index in [4.69, 9.17) is 4.74 Å². The van der Waals surface area contributed by atoms with E-state index in [1.165, 1.54) is 0 Å². The van der Waals surface area contributed by atoms with E-state index in [2.05, 4.69) is 38.8 Å². The zero-order chi connectivity index (χ0) is 16.5. The van der Waals surface area contributed by atoms with Gasteiger partial charge in [-0.15, -0.1) is 0 Å². The summed E-state index contributed by atoms with van der Waals surface area (Å²) in [7, 11) is 0. The van der Waals surface area contributed by atoms with Crippen LogP contribution in [-0.2, 0) is 4.74 Å². The van der Waals surface area contributed by atoms with Gasteiger partial charge in [-0.3, -0.25) is 0 Å². The summed E-state index contributed by atoms with van der Waals surface area (Å²) in [6, 6.07) is 2.15. The number of pyridine rings is 1. The zero-order valence-corrected chi connectivity index (χ0v) is 15.5. The molecule has 2 rings (SSSR count). The number of carbonyl (C=O) groups is 1. The Morgan fingerprint density at radius 1 is 1.41 bits per heavy atom. The normalized spacial score (nSPS) is 19.3. The average Bonchev–Trinajstić information content (AvgIpc) is 2.36. The molecule has 122 valence electrons. The van der Waals surface area contributed by atoms with Gasteiger partial charge in [-0.25, -0.2) is 9.78 Å². The van der Waals surface area contributed by atoms with Gasteiger partial charge >= 0.3 is 6.09 Å². The van der Waals surface area contributed by atoms with Crippen LogP contribution in [0.2, 0.25) is 0 Å². The summed E-state index contributed by atoms with van der Waals surface area (Å²) < 4.78 is 6.46. The molecular weight excluding hydrogens is 346 g/mol. The quantitative estimate of drug-likeness (QED) is 0.758. The summed E-state index contributed by atoms with van der Waals surface area (Å²) in [5.41, 5.74) is 0.671. The monoisotopic (exact) mass is 369 g/mol. The van der Waals surface area contributed by atoms with Crippen LogP contribution in [0.15, 0.2) is 16.7 Å². The van der Waals surface area contributed by atoms with Gasteiger partial charge in [0.05, 0.1) is 0 Å². The number of aryl methyl sites for hydroxylation is 1. The molecule has 1 aromatic heterocycles. The van der Waals surface area contributed by atoms with Gasteiger partial charge in [0, 0.05) is 36.3 Å². The summed E-state index contributed by atoms with van der Waals surface area (Å²) in [6.07, 6.45) is 1.58. The average molecular weight is 370 g/mol. The third-order valence-corrected chi connectivity index (χ3v) is 4.01. The highest BCUT2D eigenvalue weighted by Crippen LogP contribution is 2.24. The number of nitrogens with zero attached hydrogens (tertiary/aromatic N) is 3. The fraction of sp³-hybridized carbons (Fsp3) is 0.625. The molecule has 0 spiro atoms. The maximum Gasteiger partial charge on any atom is 0.410 e. The van der Waals surface area contributed by atoms with Crippen LogP contribution in [-0.4, -0.2) is 47.3 Å². The van der Waals surface area contributed by atoms with Crippen LogP contribution in [0.4, 0.5) is 10.6 Å². The molecule has 1 atom stereocenters. The van der Waals surface area contributed by atoms with Crippen molar-refractivity contribution in [2.45, 2.75) is 46.3 Å². The number of anilines is 1. The number of amides is 1. The molecular formula is C16H24BrN3O2. The number of rotatable bonds is 1. The van der Waals surface area contributed by atoms with Crippen LogP contribution in [0.3, 0.4) is 0 Å². The predicted molar refractivity (Wildman–Crippen MR) is 91.3 cm³/mol. The van der Waals surface area contributed by atoms with E-state index in [1.807, 2.05) is 33.9 Å². The van der Waals surface area contributed by atoms with Gasteiger partial charge in [0.2, 0.25) is 0 Å². The van der Waals surface area contributed by atoms with Crippen LogP contribution in [0, 0.1) is 6.92 Å². The van der Waals surface area contributed by atoms with E-state index in [9.17, 15) is 4.79 Å². The minimum atomic E-state index is -0.461. The molecule has 0 N–H and O–H groups in total. The van der Waals surface area contributed by atoms with Crippen LogP contribution in [0.1, 0.15) is 33.3 Å². The van der Waals surface area contributed by atoms with Crippen molar-refractivity contribution in [2.24, 2.45) is 0 Å². The van der Waals surface area contributed by atoms with E-state index in [-0.39, 0.29) is 12.1 Å². The number of hydrogen-bond donors (Lipinski definition) is 0. The lowest BCUT2D eigenvalue weighted by Gasteiger charge is -2.41. The van der Waals surface area contributed by atoms with Crippen LogP contribution < -0.4 is 4.90 Å². The van der Waals surface area contributed by atoms with Gasteiger partial charge in [-0.2, -0.15) is 0 Å². The van der Waals surface area contributed by atoms with Gasteiger partial charge < -0.3 is 14.5 Å². The largest absolute Gasteiger partial charge is 0.444 e. The van der Waals surface area contributed by atoms with Crippen LogP contribution in [0.25, 0.3) is 0 Å². The van der Waals surface area contributed by atoms with Crippen LogP contribution in [0.5, 0.6) is 0 Å². The molecule has 1 fully saturated rings.